The number of aryl methyl sites for hydroxylation is 1. The lowest BCUT2D eigenvalue weighted by atomic mass is 10.2. The molecule has 0 fully saturated rings. The van der Waals surface area contributed by atoms with Crippen LogP contribution < -0.4 is 4.72 Å². The Balaban J connectivity index is 1.98. The number of para-hydroxylation sites is 1. The molecule has 112 valence electrons. The summed E-state index contributed by atoms with van der Waals surface area (Å²) < 4.78 is 28.3. The molecule has 0 unspecified atom stereocenters. The molecule has 1 heterocycles. The summed E-state index contributed by atoms with van der Waals surface area (Å²) in [5.41, 5.74) is 1.20. The average molecular weight is 314 g/mol. The second kappa shape index (κ2) is 5.31. The third-order valence-electron chi connectivity index (χ3n) is 3.42. The molecular weight excluding hydrogens is 300 g/mol. The standard InChI is InChI=1S/C16H14N2O3S/c1-18-11-14(13-9-5-6-10-15(13)18)16(19)17-22(20,21)12-7-3-2-4-8-12/h2-11H,1H3,(H,17,19). The van der Waals surface area contributed by atoms with Crippen LogP contribution in [0, 0.1) is 0 Å². The van der Waals surface area contributed by atoms with E-state index in [-0.39, 0.29) is 4.90 Å². The molecule has 22 heavy (non-hydrogen) atoms. The summed E-state index contributed by atoms with van der Waals surface area (Å²) in [4.78, 5) is 12.4. The average Bonchev–Trinajstić information content (AvgIpc) is 2.86. The maximum absolute atomic E-state index is 12.4. The summed E-state index contributed by atoms with van der Waals surface area (Å²) in [6, 6.07) is 15.2. The van der Waals surface area contributed by atoms with E-state index in [1.165, 1.54) is 12.1 Å². The molecule has 0 bridgehead atoms. The van der Waals surface area contributed by atoms with Crippen molar-refractivity contribution in [2.45, 2.75) is 4.90 Å². The van der Waals surface area contributed by atoms with Crippen molar-refractivity contribution in [3.8, 4) is 0 Å². The van der Waals surface area contributed by atoms with Crippen LogP contribution in [0.5, 0.6) is 0 Å². The van der Waals surface area contributed by atoms with Crippen LogP contribution in [-0.2, 0) is 17.1 Å². The number of hydrogen-bond donors (Lipinski definition) is 1. The first kappa shape index (κ1) is 14.3. The number of sulfonamides is 1. The van der Waals surface area contributed by atoms with Crippen molar-refractivity contribution >= 4 is 26.8 Å². The predicted octanol–water partition coefficient (Wildman–Crippen LogP) is 2.30. The second-order valence-electron chi connectivity index (χ2n) is 4.92. The molecule has 3 aromatic rings. The van der Waals surface area contributed by atoms with E-state index in [2.05, 4.69) is 4.72 Å². The number of benzene rings is 2. The van der Waals surface area contributed by atoms with Gasteiger partial charge in [-0.15, -0.1) is 0 Å². The minimum Gasteiger partial charge on any atom is -0.350 e. The van der Waals surface area contributed by atoms with Gasteiger partial charge in [-0.1, -0.05) is 36.4 Å². The zero-order valence-electron chi connectivity index (χ0n) is 11.9. The molecule has 0 atom stereocenters. The third-order valence-corrected chi connectivity index (χ3v) is 4.77. The van der Waals surface area contributed by atoms with Gasteiger partial charge in [-0.3, -0.25) is 4.79 Å². The Labute approximate surface area is 128 Å². The van der Waals surface area contributed by atoms with E-state index in [4.69, 9.17) is 0 Å². The normalized spacial score (nSPS) is 11.5. The van der Waals surface area contributed by atoms with E-state index >= 15 is 0 Å². The Morgan fingerprint density at radius 3 is 2.36 bits per heavy atom. The Bertz CT molecular complexity index is 944. The van der Waals surface area contributed by atoms with Crippen LogP contribution >= 0.6 is 0 Å². The number of carbonyl (C=O) groups is 1. The number of nitrogens with one attached hydrogen (secondary N) is 1. The van der Waals surface area contributed by atoms with Crippen molar-refractivity contribution in [3.63, 3.8) is 0 Å². The molecule has 3 rings (SSSR count). The summed E-state index contributed by atoms with van der Waals surface area (Å²) >= 11 is 0. The number of carbonyl (C=O) groups excluding carboxylic acids is 1. The lowest BCUT2D eigenvalue weighted by Crippen LogP contribution is -2.30. The molecule has 0 saturated heterocycles. The van der Waals surface area contributed by atoms with E-state index in [1.54, 1.807) is 35.0 Å². The maximum atomic E-state index is 12.4. The molecule has 1 aromatic heterocycles. The van der Waals surface area contributed by atoms with Gasteiger partial charge in [0, 0.05) is 24.1 Å². The van der Waals surface area contributed by atoms with Crippen molar-refractivity contribution in [3.05, 3.63) is 66.4 Å². The van der Waals surface area contributed by atoms with Gasteiger partial charge < -0.3 is 4.57 Å². The third kappa shape index (κ3) is 2.48. The molecule has 5 nitrogen and oxygen atoms in total. The fraction of sp³-hybridized carbons (Fsp3) is 0.0625. The summed E-state index contributed by atoms with van der Waals surface area (Å²) in [6.45, 7) is 0. The minimum atomic E-state index is -3.88. The van der Waals surface area contributed by atoms with Gasteiger partial charge in [-0.25, -0.2) is 13.1 Å². The SMILES string of the molecule is Cn1cc(C(=O)NS(=O)(=O)c2ccccc2)c2ccccc21. The molecule has 6 heteroatoms. The molecule has 0 spiro atoms. The van der Waals surface area contributed by atoms with Gasteiger partial charge >= 0.3 is 0 Å². The van der Waals surface area contributed by atoms with Gasteiger partial charge in [0.05, 0.1) is 10.5 Å². The number of rotatable bonds is 3. The van der Waals surface area contributed by atoms with E-state index < -0.39 is 15.9 Å². The molecule has 1 amide bonds. The topological polar surface area (TPSA) is 68.2 Å². The van der Waals surface area contributed by atoms with Crippen molar-refractivity contribution < 1.29 is 13.2 Å². The number of aromatic nitrogens is 1. The van der Waals surface area contributed by atoms with Gasteiger partial charge in [-0.05, 0) is 18.2 Å². The molecule has 0 radical (unpaired) electrons. The number of fused-ring (bicyclic) bond motifs is 1. The van der Waals surface area contributed by atoms with Gasteiger partial charge in [-0.2, -0.15) is 0 Å². The van der Waals surface area contributed by atoms with Crippen molar-refractivity contribution in [1.82, 2.24) is 9.29 Å². The zero-order valence-corrected chi connectivity index (χ0v) is 12.7. The van der Waals surface area contributed by atoms with Crippen LogP contribution in [0.4, 0.5) is 0 Å². The Morgan fingerprint density at radius 1 is 1.00 bits per heavy atom. The molecular formula is C16H14N2O3S. The highest BCUT2D eigenvalue weighted by Gasteiger charge is 2.21. The Hall–Kier alpha value is -2.60. The van der Waals surface area contributed by atoms with Gasteiger partial charge in [0.15, 0.2) is 0 Å². The minimum absolute atomic E-state index is 0.0589. The monoisotopic (exact) mass is 314 g/mol. The van der Waals surface area contributed by atoms with Crippen molar-refractivity contribution in [1.29, 1.82) is 0 Å². The van der Waals surface area contributed by atoms with Crippen LogP contribution in [0.15, 0.2) is 65.7 Å². The second-order valence-corrected chi connectivity index (χ2v) is 6.60. The Morgan fingerprint density at radius 2 is 1.64 bits per heavy atom. The van der Waals surface area contributed by atoms with E-state index in [1.807, 2.05) is 25.2 Å². The van der Waals surface area contributed by atoms with Gasteiger partial charge in [0.1, 0.15) is 0 Å². The Kier molecular flexibility index (Phi) is 3.46. The maximum Gasteiger partial charge on any atom is 0.267 e. The molecule has 0 aliphatic rings. The summed E-state index contributed by atoms with van der Waals surface area (Å²) in [5.74, 6) is -0.638. The smallest absolute Gasteiger partial charge is 0.267 e. The number of hydrogen-bond acceptors (Lipinski definition) is 3. The van der Waals surface area contributed by atoms with E-state index in [0.29, 0.717) is 10.9 Å². The van der Waals surface area contributed by atoms with Crippen LogP contribution in [0.3, 0.4) is 0 Å². The summed E-state index contributed by atoms with van der Waals surface area (Å²) in [6.07, 6.45) is 1.63. The van der Waals surface area contributed by atoms with E-state index in [0.717, 1.165) is 5.52 Å². The molecule has 2 aromatic carbocycles. The van der Waals surface area contributed by atoms with Crippen LogP contribution in [0.25, 0.3) is 10.9 Å². The number of amides is 1. The quantitative estimate of drug-likeness (QED) is 0.806. The van der Waals surface area contributed by atoms with E-state index in [9.17, 15) is 13.2 Å². The highest BCUT2D eigenvalue weighted by atomic mass is 32.2. The van der Waals surface area contributed by atoms with Gasteiger partial charge in [0.2, 0.25) is 0 Å². The lowest BCUT2D eigenvalue weighted by molar-refractivity contribution is 0.0983. The first-order chi connectivity index (χ1) is 10.5. The summed E-state index contributed by atoms with van der Waals surface area (Å²) in [5, 5.41) is 0.714. The molecule has 0 aliphatic carbocycles. The highest BCUT2D eigenvalue weighted by Crippen LogP contribution is 2.20. The fourth-order valence-corrected chi connectivity index (χ4v) is 3.35. The molecule has 1 N–H and O–H groups in total. The lowest BCUT2D eigenvalue weighted by Gasteiger charge is -2.06. The van der Waals surface area contributed by atoms with Crippen molar-refractivity contribution in [2.24, 2.45) is 7.05 Å². The number of nitrogens with zero attached hydrogens (tertiary/aromatic N) is 1. The largest absolute Gasteiger partial charge is 0.350 e. The van der Waals surface area contributed by atoms with Crippen molar-refractivity contribution in [2.75, 3.05) is 0 Å². The van der Waals surface area contributed by atoms with Gasteiger partial charge in [0.25, 0.3) is 15.9 Å². The summed E-state index contributed by atoms with van der Waals surface area (Å²) in [7, 11) is -2.07. The highest BCUT2D eigenvalue weighted by molar-refractivity contribution is 7.90. The molecule has 0 aliphatic heterocycles. The zero-order chi connectivity index (χ0) is 15.7. The first-order valence-electron chi connectivity index (χ1n) is 6.65. The fourth-order valence-electron chi connectivity index (χ4n) is 2.36. The molecule has 0 saturated carbocycles. The van der Waals surface area contributed by atoms with Crippen LogP contribution in [-0.4, -0.2) is 18.9 Å². The first-order valence-corrected chi connectivity index (χ1v) is 8.13. The van der Waals surface area contributed by atoms with Crippen LogP contribution in [0.1, 0.15) is 10.4 Å². The van der Waals surface area contributed by atoms with Crippen LogP contribution in [0.2, 0.25) is 0 Å². The predicted molar refractivity (Wildman–Crippen MR) is 84.0 cm³/mol.